The first-order valence-corrected chi connectivity index (χ1v) is 4.05. The van der Waals surface area contributed by atoms with Crippen LogP contribution in [0.2, 0.25) is 0 Å². The molecule has 0 saturated carbocycles. The predicted octanol–water partition coefficient (Wildman–Crippen LogP) is 0.571. The Balaban J connectivity index is 3.08. The number of nitrogens with two attached hydrogens (primary N) is 1. The van der Waals surface area contributed by atoms with Crippen LogP contribution in [0.15, 0.2) is 0 Å². The quantitative estimate of drug-likeness (QED) is 0.667. The summed E-state index contributed by atoms with van der Waals surface area (Å²) in [6, 6.07) is 0. The van der Waals surface area contributed by atoms with E-state index in [4.69, 9.17) is 5.73 Å². The fraction of sp³-hybridized carbons (Fsp3) is 0.750. The highest BCUT2D eigenvalue weighted by molar-refractivity contribution is 5.03. The molecular formula is C8H16N4. The molecule has 0 bridgehead atoms. The second-order valence-corrected chi connectivity index (χ2v) is 3.93. The lowest BCUT2D eigenvalue weighted by molar-refractivity contribution is 0.506. The Bertz CT molecular complexity index is 269. The molecule has 0 saturated heterocycles. The number of rotatable bonds is 1. The average molecular weight is 168 g/mol. The molecule has 1 rings (SSSR count). The number of aromatic nitrogens is 3. The topological polar surface area (TPSA) is 56.7 Å². The summed E-state index contributed by atoms with van der Waals surface area (Å²) in [6.07, 6.45) is 0. The van der Waals surface area contributed by atoms with Gasteiger partial charge in [-0.2, -0.15) is 5.10 Å². The summed E-state index contributed by atoms with van der Waals surface area (Å²) in [5.74, 6) is 1.69. The molecule has 12 heavy (non-hydrogen) atoms. The summed E-state index contributed by atoms with van der Waals surface area (Å²) in [7, 11) is 1.90. The molecule has 0 atom stereocenters. The van der Waals surface area contributed by atoms with Crippen LogP contribution in [0.25, 0.3) is 0 Å². The number of hydrogen-bond donors (Lipinski definition) is 1. The lowest BCUT2D eigenvalue weighted by Gasteiger charge is -2.15. The normalized spacial score (nSPS) is 12.1. The molecular weight excluding hydrogens is 152 g/mol. The summed E-state index contributed by atoms with van der Waals surface area (Å²) >= 11 is 0. The largest absolute Gasteiger partial charge is 0.324 e. The zero-order chi connectivity index (χ0) is 9.35. The third kappa shape index (κ3) is 1.64. The molecule has 0 aromatic carbocycles. The maximum Gasteiger partial charge on any atom is 0.164 e. The maximum atomic E-state index is 5.44. The van der Waals surface area contributed by atoms with Gasteiger partial charge < -0.3 is 5.73 Å². The highest BCUT2D eigenvalue weighted by Gasteiger charge is 2.20. The van der Waals surface area contributed by atoms with Gasteiger partial charge in [0, 0.05) is 12.5 Å². The van der Waals surface area contributed by atoms with Gasteiger partial charge in [0.2, 0.25) is 0 Å². The minimum absolute atomic E-state index is 0.0369. The highest BCUT2D eigenvalue weighted by Crippen LogP contribution is 2.18. The van der Waals surface area contributed by atoms with Gasteiger partial charge in [-0.05, 0) is 0 Å². The van der Waals surface area contributed by atoms with E-state index in [0.29, 0.717) is 12.4 Å². The fourth-order valence-corrected chi connectivity index (χ4v) is 1.18. The van der Waals surface area contributed by atoms with Crippen molar-refractivity contribution in [3.8, 4) is 0 Å². The molecule has 0 spiro atoms. The molecule has 4 nitrogen and oxygen atoms in total. The van der Waals surface area contributed by atoms with E-state index < -0.39 is 0 Å². The molecule has 0 amide bonds. The molecule has 0 radical (unpaired) electrons. The van der Waals surface area contributed by atoms with E-state index in [1.807, 2.05) is 7.05 Å². The van der Waals surface area contributed by atoms with Gasteiger partial charge in [0.1, 0.15) is 5.82 Å². The zero-order valence-corrected chi connectivity index (χ0v) is 8.13. The van der Waals surface area contributed by atoms with Gasteiger partial charge in [-0.1, -0.05) is 20.8 Å². The van der Waals surface area contributed by atoms with Crippen LogP contribution in [-0.4, -0.2) is 14.8 Å². The maximum absolute atomic E-state index is 5.44. The van der Waals surface area contributed by atoms with Crippen LogP contribution in [0.4, 0.5) is 0 Å². The Hall–Kier alpha value is -0.900. The summed E-state index contributed by atoms with van der Waals surface area (Å²) in [5.41, 5.74) is 5.47. The Morgan fingerprint density at radius 2 is 2.00 bits per heavy atom. The molecule has 0 aliphatic heterocycles. The van der Waals surface area contributed by atoms with Gasteiger partial charge in [-0.3, -0.25) is 4.68 Å². The first-order chi connectivity index (χ1) is 5.45. The molecule has 2 N–H and O–H groups in total. The average Bonchev–Trinajstić information content (AvgIpc) is 2.29. The Morgan fingerprint density at radius 3 is 2.25 bits per heavy atom. The number of nitrogens with zero attached hydrogens (tertiary/aromatic N) is 3. The van der Waals surface area contributed by atoms with Gasteiger partial charge in [0.05, 0.1) is 6.54 Å². The summed E-state index contributed by atoms with van der Waals surface area (Å²) in [5, 5.41) is 4.18. The van der Waals surface area contributed by atoms with E-state index >= 15 is 0 Å². The number of hydrogen-bond acceptors (Lipinski definition) is 3. The number of aryl methyl sites for hydroxylation is 1. The van der Waals surface area contributed by atoms with E-state index in [1.165, 1.54) is 0 Å². The van der Waals surface area contributed by atoms with Crippen molar-refractivity contribution in [2.75, 3.05) is 0 Å². The second kappa shape index (κ2) is 2.86. The van der Waals surface area contributed by atoms with E-state index in [9.17, 15) is 0 Å². The lowest BCUT2D eigenvalue weighted by Crippen LogP contribution is -2.17. The van der Waals surface area contributed by atoms with Crippen molar-refractivity contribution in [2.45, 2.75) is 32.7 Å². The van der Waals surface area contributed by atoms with Crippen LogP contribution in [0.1, 0.15) is 32.4 Å². The van der Waals surface area contributed by atoms with Gasteiger partial charge >= 0.3 is 0 Å². The standard InChI is InChI=1S/C8H16N4/c1-8(2,3)7-10-6(5-9)11-12(7)4/h5,9H2,1-4H3. The van der Waals surface area contributed by atoms with Crippen molar-refractivity contribution in [1.82, 2.24) is 14.8 Å². The fourth-order valence-electron chi connectivity index (χ4n) is 1.18. The minimum atomic E-state index is 0.0369. The van der Waals surface area contributed by atoms with Crippen LogP contribution >= 0.6 is 0 Å². The van der Waals surface area contributed by atoms with Crippen molar-refractivity contribution < 1.29 is 0 Å². The Labute approximate surface area is 72.8 Å². The van der Waals surface area contributed by atoms with Crippen molar-refractivity contribution >= 4 is 0 Å². The van der Waals surface area contributed by atoms with E-state index in [0.717, 1.165) is 5.82 Å². The summed E-state index contributed by atoms with van der Waals surface area (Å²) in [6.45, 7) is 6.73. The smallest absolute Gasteiger partial charge is 0.164 e. The van der Waals surface area contributed by atoms with E-state index in [2.05, 4.69) is 30.9 Å². The summed E-state index contributed by atoms with van der Waals surface area (Å²) < 4.78 is 1.79. The first-order valence-electron chi connectivity index (χ1n) is 4.05. The molecule has 0 unspecified atom stereocenters. The van der Waals surface area contributed by atoms with Crippen molar-refractivity contribution in [3.63, 3.8) is 0 Å². The van der Waals surface area contributed by atoms with E-state index in [-0.39, 0.29) is 5.41 Å². The van der Waals surface area contributed by atoms with Crippen LogP contribution in [0.3, 0.4) is 0 Å². The van der Waals surface area contributed by atoms with Gasteiger partial charge in [0.25, 0.3) is 0 Å². The van der Waals surface area contributed by atoms with E-state index in [1.54, 1.807) is 4.68 Å². The van der Waals surface area contributed by atoms with Crippen LogP contribution in [-0.2, 0) is 19.0 Å². The van der Waals surface area contributed by atoms with Crippen LogP contribution < -0.4 is 5.73 Å². The SMILES string of the molecule is Cn1nc(CN)nc1C(C)(C)C. The minimum Gasteiger partial charge on any atom is -0.324 e. The molecule has 0 fully saturated rings. The monoisotopic (exact) mass is 168 g/mol. The molecule has 1 aromatic heterocycles. The van der Waals surface area contributed by atoms with Crippen molar-refractivity contribution in [3.05, 3.63) is 11.6 Å². The van der Waals surface area contributed by atoms with Crippen molar-refractivity contribution in [1.29, 1.82) is 0 Å². The molecule has 0 aliphatic carbocycles. The molecule has 1 heterocycles. The van der Waals surface area contributed by atoms with Gasteiger partial charge in [0.15, 0.2) is 5.82 Å². The molecule has 0 aliphatic rings. The van der Waals surface area contributed by atoms with Crippen LogP contribution in [0, 0.1) is 0 Å². The molecule has 68 valence electrons. The van der Waals surface area contributed by atoms with Gasteiger partial charge in [-0.25, -0.2) is 4.98 Å². The first kappa shape index (κ1) is 9.19. The third-order valence-corrected chi connectivity index (χ3v) is 1.66. The highest BCUT2D eigenvalue weighted by atomic mass is 15.3. The Kier molecular flexibility index (Phi) is 2.19. The van der Waals surface area contributed by atoms with Crippen LogP contribution in [0.5, 0.6) is 0 Å². The van der Waals surface area contributed by atoms with Crippen molar-refractivity contribution in [2.24, 2.45) is 12.8 Å². The summed E-state index contributed by atoms with van der Waals surface area (Å²) in [4.78, 5) is 4.33. The van der Waals surface area contributed by atoms with Gasteiger partial charge in [-0.15, -0.1) is 0 Å². The lowest BCUT2D eigenvalue weighted by atomic mass is 9.96. The zero-order valence-electron chi connectivity index (χ0n) is 8.13. The Morgan fingerprint density at radius 1 is 1.42 bits per heavy atom. The molecule has 1 aromatic rings. The third-order valence-electron chi connectivity index (χ3n) is 1.66. The second-order valence-electron chi connectivity index (χ2n) is 3.93. The predicted molar refractivity (Wildman–Crippen MR) is 47.6 cm³/mol. The molecule has 4 heteroatoms.